The van der Waals surface area contributed by atoms with Crippen molar-refractivity contribution in [2.24, 2.45) is 5.92 Å². The summed E-state index contributed by atoms with van der Waals surface area (Å²) in [6.45, 7) is 6.02. The molecule has 1 atom stereocenters. The standard InChI is InChI=1S/C13H24F2N2O/c1-3-17(4-2)12(18)10-16-9-11-6-5-7-13(14,15)8-11/h11,16H,3-10H2,1-2H3. The lowest BCUT2D eigenvalue weighted by atomic mass is 9.86. The van der Waals surface area contributed by atoms with Crippen LogP contribution in [0.5, 0.6) is 0 Å². The van der Waals surface area contributed by atoms with Crippen LogP contribution in [0.1, 0.15) is 39.5 Å². The molecular formula is C13H24F2N2O. The quantitative estimate of drug-likeness (QED) is 0.796. The highest BCUT2D eigenvalue weighted by Crippen LogP contribution is 2.36. The minimum absolute atomic E-state index is 0.00162. The van der Waals surface area contributed by atoms with E-state index in [0.29, 0.717) is 26.1 Å². The highest BCUT2D eigenvalue weighted by molar-refractivity contribution is 5.78. The van der Waals surface area contributed by atoms with E-state index in [0.717, 1.165) is 6.42 Å². The second kappa shape index (κ2) is 7.02. The van der Waals surface area contributed by atoms with Crippen molar-refractivity contribution in [3.05, 3.63) is 0 Å². The maximum Gasteiger partial charge on any atom is 0.248 e. The summed E-state index contributed by atoms with van der Waals surface area (Å²) in [5.41, 5.74) is 0. The van der Waals surface area contributed by atoms with E-state index < -0.39 is 5.92 Å². The van der Waals surface area contributed by atoms with Crippen LogP contribution in [0, 0.1) is 5.92 Å². The van der Waals surface area contributed by atoms with Gasteiger partial charge in [0, 0.05) is 25.9 Å². The minimum atomic E-state index is -2.51. The summed E-state index contributed by atoms with van der Waals surface area (Å²) < 4.78 is 26.3. The number of rotatable bonds is 6. The van der Waals surface area contributed by atoms with E-state index in [1.54, 1.807) is 4.90 Å². The van der Waals surface area contributed by atoms with Crippen LogP contribution in [0.15, 0.2) is 0 Å². The van der Waals surface area contributed by atoms with E-state index in [2.05, 4.69) is 5.32 Å². The fourth-order valence-electron chi connectivity index (χ4n) is 2.52. The predicted octanol–water partition coefficient (Wildman–Crippen LogP) is 2.27. The molecule has 106 valence electrons. The zero-order valence-electron chi connectivity index (χ0n) is 11.3. The third-order valence-electron chi connectivity index (χ3n) is 3.57. The molecule has 1 saturated carbocycles. The molecule has 5 heteroatoms. The van der Waals surface area contributed by atoms with Crippen molar-refractivity contribution in [1.29, 1.82) is 0 Å². The van der Waals surface area contributed by atoms with Gasteiger partial charge < -0.3 is 10.2 Å². The van der Waals surface area contributed by atoms with Crippen molar-refractivity contribution in [3.63, 3.8) is 0 Å². The van der Waals surface area contributed by atoms with Crippen LogP contribution in [-0.2, 0) is 4.79 Å². The molecule has 0 aromatic heterocycles. The molecule has 0 saturated heterocycles. The average molecular weight is 262 g/mol. The SMILES string of the molecule is CCN(CC)C(=O)CNCC1CCCC(F)(F)C1. The molecule has 1 amide bonds. The molecule has 1 rings (SSSR count). The zero-order valence-corrected chi connectivity index (χ0v) is 11.3. The maximum atomic E-state index is 13.2. The van der Waals surface area contributed by atoms with Crippen molar-refractivity contribution in [2.45, 2.75) is 45.5 Å². The zero-order chi connectivity index (χ0) is 13.6. The molecule has 1 fully saturated rings. The van der Waals surface area contributed by atoms with Gasteiger partial charge in [-0.1, -0.05) is 0 Å². The van der Waals surface area contributed by atoms with Gasteiger partial charge in [-0.3, -0.25) is 4.79 Å². The Kier molecular flexibility index (Phi) is 5.99. The average Bonchev–Trinajstić information content (AvgIpc) is 2.29. The van der Waals surface area contributed by atoms with Crippen LogP contribution in [0.3, 0.4) is 0 Å². The molecular weight excluding hydrogens is 238 g/mol. The van der Waals surface area contributed by atoms with Crippen LogP contribution in [0.2, 0.25) is 0 Å². The van der Waals surface area contributed by atoms with Gasteiger partial charge in [0.2, 0.25) is 11.8 Å². The second-order valence-corrected chi connectivity index (χ2v) is 5.02. The van der Waals surface area contributed by atoms with Gasteiger partial charge in [-0.15, -0.1) is 0 Å². The monoisotopic (exact) mass is 262 g/mol. The first-order valence-electron chi connectivity index (χ1n) is 6.84. The number of carbonyl (C=O) groups is 1. The lowest BCUT2D eigenvalue weighted by Gasteiger charge is -2.29. The first-order valence-corrected chi connectivity index (χ1v) is 6.84. The third-order valence-corrected chi connectivity index (χ3v) is 3.57. The topological polar surface area (TPSA) is 32.3 Å². The molecule has 0 spiro atoms. The first kappa shape index (κ1) is 15.3. The molecule has 1 unspecified atom stereocenters. The van der Waals surface area contributed by atoms with E-state index in [4.69, 9.17) is 0 Å². The molecule has 0 aromatic rings. The Morgan fingerprint density at radius 2 is 2.06 bits per heavy atom. The van der Waals surface area contributed by atoms with Gasteiger partial charge in [0.1, 0.15) is 0 Å². The summed E-state index contributed by atoms with van der Waals surface area (Å²) in [4.78, 5) is 13.4. The number of halogens is 2. The van der Waals surface area contributed by atoms with Crippen LogP contribution < -0.4 is 5.32 Å². The van der Waals surface area contributed by atoms with Crippen LogP contribution in [-0.4, -0.2) is 42.9 Å². The van der Waals surface area contributed by atoms with Gasteiger partial charge in [-0.2, -0.15) is 0 Å². The van der Waals surface area contributed by atoms with Crippen LogP contribution >= 0.6 is 0 Å². The summed E-state index contributed by atoms with van der Waals surface area (Å²) in [5.74, 6) is -2.46. The van der Waals surface area contributed by atoms with E-state index in [-0.39, 0.29) is 31.2 Å². The van der Waals surface area contributed by atoms with E-state index in [1.807, 2.05) is 13.8 Å². The van der Waals surface area contributed by atoms with Gasteiger partial charge >= 0.3 is 0 Å². The predicted molar refractivity (Wildman–Crippen MR) is 67.7 cm³/mol. The van der Waals surface area contributed by atoms with Crippen molar-refractivity contribution < 1.29 is 13.6 Å². The van der Waals surface area contributed by atoms with Crippen LogP contribution in [0.4, 0.5) is 8.78 Å². The maximum absolute atomic E-state index is 13.2. The summed E-state index contributed by atoms with van der Waals surface area (Å²) in [6, 6.07) is 0. The summed E-state index contributed by atoms with van der Waals surface area (Å²) in [5, 5.41) is 3.02. The second-order valence-electron chi connectivity index (χ2n) is 5.02. The molecule has 1 N–H and O–H groups in total. The fraction of sp³-hybridized carbons (Fsp3) is 0.923. The number of amides is 1. The Labute approximate surface area is 108 Å². The molecule has 0 aliphatic heterocycles. The Morgan fingerprint density at radius 1 is 1.39 bits per heavy atom. The smallest absolute Gasteiger partial charge is 0.248 e. The Bertz CT molecular complexity index is 268. The largest absolute Gasteiger partial charge is 0.342 e. The Balaban J connectivity index is 2.23. The molecule has 1 aliphatic carbocycles. The fourth-order valence-corrected chi connectivity index (χ4v) is 2.52. The highest BCUT2D eigenvalue weighted by Gasteiger charge is 2.35. The van der Waals surface area contributed by atoms with Gasteiger partial charge in [-0.05, 0) is 39.2 Å². The van der Waals surface area contributed by atoms with E-state index >= 15 is 0 Å². The molecule has 0 heterocycles. The summed E-state index contributed by atoms with van der Waals surface area (Å²) in [7, 11) is 0. The molecule has 1 aliphatic rings. The number of nitrogens with one attached hydrogen (secondary N) is 1. The van der Waals surface area contributed by atoms with E-state index in [9.17, 15) is 13.6 Å². The van der Waals surface area contributed by atoms with E-state index in [1.165, 1.54) is 0 Å². The molecule has 0 aromatic carbocycles. The summed E-state index contributed by atoms with van der Waals surface area (Å²) in [6.07, 6.45) is 1.40. The highest BCUT2D eigenvalue weighted by atomic mass is 19.3. The van der Waals surface area contributed by atoms with Gasteiger partial charge in [-0.25, -0.2) is 8.78 Å². The summed E-state index contributed by atoms with van der Waals surface area (Å²) >= 11 is 0. The normalized spacial score (nSPS) is 22.8. The van der Waals surface area contributed by atoms with Crippen LogP contribution in [0.25, 0.3) is 0 Å². The minimum Gasteiger partial charge on any atom is -0.342 e. The number of nitrogens with zero attached hydrogens (tertiary/aromatic N) is 1. The Morgan fingerprint density at radius 3 is 2.61 bits per heavy atom. The number of hydrogen-bond donors (Lipinski definition) is 1. The lowest BCUT2D eigenvalue weighted by Crippen LogP contribution is -2.40. The number of likely N-dealkylation sites (N-methyl/N-ethyl adjacent to an activating group) is 1. The molecule has 0 radical (unpaired) electrons. The molecule has 0 bridgehead atoms. The molecule has 18 heavy (non-hydrogen) atoms. The Hall–Kier alpha value is -0.710. The lowest BCUT2D eigenvalue weighted by molar-refractivity contribution is -0.129. The van der Waals surface area contributed by atoms with Gasteiger partial charge in [0.05, 0.1) is 6.54 Å². The number of alkyl halides is 2. The first-order chi connectivity index (χ1) is 8.48. The third kappa shape index (κ3) is 4.88. The van der Waals surface area contributed by atoms with Crippen molar-refractivity contribution in [3.8, 4) is 0 Å². The van der Waals surface area contributed by atoms with Crippen molar-refractivity contribution in [1.82, 2.24) is 10.2 Å². The van der Waals surface area contributed by atoms with Gasteiger partial charge in [0.25, 0.3) is 0 Å². The van der Waals surface area contributed by atoms with Crippen molar-refractivity contribution in [2.75, 3.05) is 26.2 Å². The van der Waals surface area contributed by atoms with Crippen molar-refractivity contribution >= 4 is 5.91 Å². The van der Waals surface area contributed by atoms with Gasteiger partial charge in [0.15, 0.2) is 0 Å². The number of hydrogen-bond acceptors (Lipinski definition) is 2. The number of carbonyl (C=O) groups excluding carboxylic acids is 1. The molecule has 3 nitrogen and oxygen atoms in total.